The summed E-state index contributed by atoms with van der Waals surface area (Å²) in [5, 5.41) is 4.63. The molecule has 156 valence electrons. The normalized spacial score (nSPS) is 11.4. The van der Waals surface area contributed by atoms with Gasteiger partial charge in [-0.3, -0.25) is 27.9 Å². The lowest BCUT2D eigenvalue weighted by molar-refractivity contribution is -0.121. The molecule has 0 atom stereocenters. The SMILES string of the molecule is Cc1cc(=O)n2c(CCNC(=O)Cn3cnc4c3c(=O)n(C)c(=O)n4C)csc2n1. The van der Waals surface area contributed by atoms with Crippen LogP contribution in [0.15, 0.2) is 32.2 Å². The van der Waals surface area contributed by atoms with Gasteiger partial charge in [-0.1, -0.05) is 0 Å². The lowest BCUT2D eigenvalue weighted by Crippen LogP contribution is -2.38. The van der Waals surface area contributed by atoms with E-state index in [1.165, 1.54) is 51.4 Å². The standard InChI is InChI=1S/C18H19N7O4S/c1-10-6-13(27)25-11(8-30-17(25)21-10)4-5-19-12(26)7-24-9-20-15-14(24)16(28)23(3)18(29)22(15)2/h6,8-9H,4-5,7H2,1-3H3,(H,19,26). The van der Waals surface area contributed by atoms with Gasteiger partial charge in [-0.25, -0.2) is 14.8 Å². The quantitative estimate of drug-likeness (QED) is 0.441. The topological polar surface area (TPSA) is 125 Å². The van der Waals surface area contributed by atoms with Crippen LogP contribution >= 0.6 is 11.3 Å². The molecule has 12 heteroatoms. The molecular weight excluding hydrogens is 410 g/mol. The van der Waals surface area contributed by atoms with E-state index in [1.807, 2.05) is 5.38 Å². The number of imidazole rings is 1. The summed E-state index contributed by atoms with van der Waals surface area (Å²) < 4.78 is 5.20. The van der Waals surface area contributed by atoms with Crippen LogP contribution in [0, 0.1) is 6.92 Å². The maximum absolute atomic E-state index is 12.4. The molecule has 0 fully saturated rings. The molecule has 0 unspecified atom stereocenters. The van der Waals surface area contributed by atoms with Crippen molar-refractivity contribution in [3.63, 3.8) is 0 Å². The van der Waals surface area contributed by atoms with Crippen molar-refractivity contribution in [3.05, 3.63) is 60.4 Å². The molecule has 4 aromatic rings. The lowest BCUT2D eigenvalue weighted by atomic mass is 10.3. The Morgan fingerprint density at radius 2 is 1.97 bits per heavy atom. The summed E-state index contributed by atoms with van der Waals surface area (Å²) in [6.07, 6.45) is 1.82. The van der Waals surface area contributed by atoms with Gasteiger partial charge in [0.1, 0.15) is 6.54 Å². The highest BCUT2D eigenvalue weighted by molar-refractivity contribution is 7.15. The van der Waals surface area contributed by atoms with Gasteiger partial charge in [-0.15, -0.1) is 11.3 Å². The Hall–Kier alpha value is -3.54. The van der Waals surface area contributed by atoms with E-state index in [9.17, 15) is 19.2 Å². The summed E-state index contributed by atoms with van der Waals surface area (Å²) in [6.45, 7) is 1.97. The summed E-state index contributed by atoms with van der Waals surface area (Å²) in [5.41, 5.74) is 0.707. The van der Waals surface area contributed by atoms with Gasteiger partial charge in [-0.05, 0) is 6.92 Å². The number of carbonyl (C=O) groups excluding carboxylic acids is 1. The highest BCUT2D eigenvalue weighted by Gasteiger charge is 2.16. The molecule has 0 bridgehead atoms. The van der Waals surface area contributed by atoms with Crippen molar-refractivity contribution in [1.82, 2.24) is 33.4 Å². The molecule has 1 amide bonds. The van der Waals surface area contributed by atoms with Crippen molar-refractivity contribution in [2.45, 2.75) is 19.9 Å². The highest BCUT2D eigenvalue weighted by Crippen LogP contribution is 2.13. The first-order chi connectivity index (χ1) is 14.3. The van der Waals surface area contributed by atoms with E-state index in [2.05, 4.69) is 15.3 Å². The molecular formula is C18H19N7O4S. The molecule has 0 aliphatic heterocycles. The molecule has 4 heterocycles. The number of carbonyl (C=O) groups is 1. The Morgan fingerprint density at radius 3 is 2.73 bits per heavy atom. The Kier molecular flexibility index (Phi) is 4.86. The van der Waals surface area contributed by atoms with Crippen molar-refractivity contribution in [1.29, 1.82) is 0 Å². The predicted octanol–water partition coefficient (Wildman–Crippen LogP) is -0.830. The van der Waals surface area contributed by atoms with E-state index in [-0.39, 0.29) is 29.2 Å². The Bertz CT molecular complexity index is 1470. The van der Waals surface area contributed by atoms with Gasteiger partial charge in [-0.2, -0.15) is 0 Å². The number of aromatic nitrogens is 6. The first-order valence-electron chi connectivity index (χ1n) is 9.12. The first-order valence-corrected chi connectivity index (χ1v) is 10.00. The number of fused-ring (bicyclic) bond motifs is 2. The highest BCUT2D eigenvalue weighted by atomic mass is 32.1. The van der Waals surface area contributed by atoms with Crippen LogP contribution in [0.1, 0.15) is 11.4 Å². The molecule has 0 aliphatic rings. The van der Waals surface area contributed by atoms with Crippen LogP contribution in [0.2, 0.25) is 0 Å². The van der Waals surface area contributed by atoms with Crippen LogP contribution in [-0.4, -0.2) is 40.5 Å². The Balaban J connectivity index is 1.48. The maximum atomic E-state index is 12.4. The average Bonchev–Trinajstić information content (AvgIpc) is 3.29. The van der Waals surface area contributed by atoms with E-state index >= 15 is 0 Å². The van der Waals surface area contributed by atoms with E-state index in [4.69, 9.17) is 0 Å². The molecule has 30 heavy (non-hydrogen) atoms. The van der Waals surface area contributed by atoms with Crippen LogP contribution in [0.4, 0.5) is 0 Å². The molecule has 0 saturated carbocycles. The summed E-state index contributed by atoms with van der Waals surface area (Å²) in [6, 6.07) is 1.47. The van der Waals surface area contributed by atoms with E-state index in [1.54, 1.807) is 6.92 Å². The van der Waals surface area contributed by atoms with Crippen LogP contribution < -0.4 is 22.1 Å². The fourth-order valence-corrected chi connectivity index (χ4v) is 4.29. The van der Waals surface area contributed by atoms with Crippen LogP contribution in [0.5, 0.6) is 0 Å². The van der Waals surface area contributed by atoms with Crippen molar-refractivity contribution in [2.24, 2.45) is 14.1 Å². The number of hydrogen-bond acceptors (Lipinski definition) is 7. The third-order valence-electron chi connectivity index (χ3n) is 4.84. The monoisotopic (exact) mass is 429 g/mol. The fourth-order valence-electron chi connectivity index (χ4n) is 3.32. The molecule has 0 aliphatic carbocycles. The molecule has 0 spiro atoms. The summed E-state index contributed by atoms with van der Waals surface area (Å²) in [5.74, 6) is -0.314. The van der Waals surface area contributed by atoms with Crippen molar-refractivity contribution >= 4 is 33.4 Å². The van der Waals surface area contributed by atoms with Crippen LogP contribution in [0.3, 0.4) is 0 Å². The molecule has 0 aromatic carbocycles. The van der Waals surface area contributed by atoms with Gasteiger partial charge in [0.2, 0.25) is 5.91 Å². The smallest absolute Gasteiger partial charge is 0.332 e. The maximum Gasteiger partial charge on any atom is 0.332 e. The van der Waals surface area contributed by atoms with Gasteiger partial charge in [0.15, 0.2) is 16.1 Å². The van der Waals surface area contributed by atoms with Crippen molar-refractivity contribution in [3.8, 4) is 0 Å². The van der Waals surface area contributed by atoms with Gasteiger partial charge < -0.3 is 9.88 Å². The summed E-state index contributed by atoms with van der Waals surface area (Å²) in [4.78, 5) is 58.1. The molecule has 4 rings (SSSR count). The first kappa shape index (κ1) is 19.8. The van der Waals surface area contributed by atoms with Crippen LogP contribution in [-0.2, 0) is 31.9 Å². The molecule has 0 saturated heterocycles. The number of hydrogen-bond donors (Lipinski definition) is 1. The number of rotatable bonds is 5. The van der Waals surface area contributed by atoms with E-state index in [0.29, 0.717) is 23.6 Å². The zero-order valence-corrected chi connectivity index (χ0v) is 17.4. The second-order valence-corrected chi connectivity index (χ2v) is 7.77. The largest absolute Gasteiger partial charge is 0.354 e. The van der Waals surface area contributed by atoms with Crippen molar-refractivity contribution < 1.29 is 4.79 Å². The summed E-state index contributed by atoms with van der Waals surface area (Å²) in [7, 11) is 2.90. The second-order valence-electron chi connectivity index (χ2n) is 6.93. The number of nitrogens with zero attached hydrogens (tertiary/aromatic N) is 6. The van der Waals surface area contributed by atoms with E-state index in [0.717, 1.165) is 10.3 Å². The molecule has 11 nitrogen and oxygen atoms in total. The number of aryl methyl sites for hydroxylation is 2. The number of nitrogens with one attached hydrogen (secondary N) is 1. The minimum atomic E-state index is -0.509. The average molecular weight is 429 g/mol. The lowest BCUT2D eigenvalue weighted by Gasteiger charge is -2.08. The number of thiazole rings is 1. The van der Waals surface area contributed by atoms with Gasteiger partial charge in [0, 0.05) is 49.9 Å². The van der Waals surface area contributed by atoms with Crippen LogP contribution in [0.25, 0.3) is 16.1 Å². The zero-order chi connectivity index (χ0) is 21.6. The van der Waals surface area contributed by atoms with Gasteiger partial charge in [0.05, 0.1) is 6.33 Å². The third-order valence-corrected chi connectivity index (χ3v) is 5.71. The molecule has 0 radical (unpaired) electrons. The minimum absolute atomic E-state index is 0.116. The Labute approximate surface area is 172 Å². The molecule has 4 aromatic heterocycles. The molecule has 1 N–H and O–H groups in total. The van der Waals surface area contributed by atoms with E-state index < -0.39 is 11.2 Å². The predicted molar refractivity (Wildman–Crippen MR) is 111 cm³/mol. The van der Waals surface area contributed by atoms with Gasteiger partial charge in [0.25, 0.3) is 11.1 Å². The zero-order valence-electron chi connectivity index (χ0n) is 16.6. The minimum Gasteiger partial charge on any atom is -0.354 e. The second kappa shape index (κ2) is 7.37. The Morgan fingerprint density at radius 1 is 1.20 bits per heavy atom. The van der Waals surface area contributed by atoms with Gasteiger partial charge >= 0.3 is 5.69 Å². The fraction of sp³-hybridized carbons (Fsp3) is 0.333. The third kappa shape index (κ3) is 3.24. The van der Waals surface area contributed by atoms with Crippen molar-refractivity contribution in [2.75, 3.05) is 6.54 Å². The number of amides is 1. The summed E-state index contributed by atoms with van der Waals surface area (Å²) >= 11 is 1.37.